The summed E-state index contributed by atoms with van der Waals surface area (Å²) < 4.78 is 5.60. The van der Waals surface area contributed by atoms with E-state index in [1.807, 2.05) is 0 Å². The van der Waals surface area contributed by atoms with Gasteiger partial charge in [0.15, 0.2) is 0 Å². The highest BCUT2D eigenvalue weighted by molar-refractivity contribution is 5.44. The van der Waals surface area contributed by atoms with Crippen molar-refractivity contribution in [3.8, 4) is 17.4 Å². The van der Waals surface area contributed by atoms with Crippen molar-refractivity contribution in [2.45, 2.75) is 25.7 Å². The number of hydrogen-bond donors (Lipinski definition) is 2. The van der Waals surface area contributed by atoms with E-state index in [2.05, 4.69) is 9.97 Å². The summed E-state index contributed by atoms with van der Waals surface area (Å²) in [5, 5.41) is 9.62. The lowest BCUT2D eigenvalue weighted by Crippen LogP contribution is -2.10. The van der Waals surface area contributed by atoms with Crippen molar-refractivity contribution < 1.29 is 9.84 Å². The highest BCUT2D eigenvalue weighted by Gasteiger charge is 2.26. The third-order valence-corrected chi connectivity index (χ3v) is 3.17. The van der Waals surface area contributed by atoms with Crippen LogP contribution in [0.5, 0.6) is 17.4 Å². The minimum Gasteiger partial charge on any atom is -0.508 e. The molecule has 1 saturated carbocycles. The highest BCUT2D eigenvalue weighted by atomic mass is 16.5. The molecular formula is C14H14N2O3. The molecule has 3 rings (SSSR count). The van der Waals surface area contributed by atoms with Crippen molar-refractivity contribution in [3.05, 3.63) is 46.0 Å². The molecule has 0 aliphatic heterocycles. The van der Waals surface area contributed by atoms with Crippen LogP contribution < -0.4 is 10.3 Å². The van der Waals surface area contributed by atoms with Gasteiger partial charge in [0.05, 0.1) is 6.07 Å². The predicted octanol–water partition coefficient (Wildman–Crippen LogP) is 2.45. The number of phenols is 1. The third kappa shape index (κ3) is 2.45. The van der Waals surface area contributed by atoms with Gasteiger partial charge >= 0.3 is 0 Å². The molecule has 1 fully saturated rings. The van der Waals surface area contributed by atoms with Crippen LogP contribution >= 0.6 is 0 Å². The summed E-state index contributed by atoms with van der Waals surface area (Å²) in [6.45, 7) is 1.75. The molecule has 2 N–H and O–H groups in total. The lowest BCUT2D eigenvalue weighted by molar-refractivity contribution is 0.436. The molecule has 0 atom stereocenters. The number of aromatic nitrogens is 2. The van der Waals surface area contributed by atoms with Crippen LogP contribution in [0.25, 0.3) is 0 Å². The summed E-state index contributed by atoms with van der Waals surface area (Å²) in [6, 6.07) is 6.32. The van der Waals surface area contributed by atoms with Gasteiger partial charge in [-0.25, -0.2) is 0 Å². The van der Waals surface area contributed by atoms with Crippen molar-refractivity contribution in [1.82, 2.24) is 9.97 Å². The Morgan fingerprint density at radius 3 is 2.95 bits per heavy atom. The fourth-order valence-electron chi connectivity index (χ4n) is 1.88. The molecule has 1 heterocycles. The molecule has 0 bridgehead atoms. The molecule has 0 amide bonds. The average molecular weight is 258 g/mol. The second kappa shape index (κ2) is 4.42. The quantitative estimate of drug-likeness (QED) is 0.886. The second-order valence-electron chi connectivity index (χ2n) is 4.75. The van der Waals surface area contributed by atoms with Gasteiger partial charge in [-0.2, -0.15) is 4.98 Å². The number of nitrogens with zero attached hydrogens (tertiary/aromatic N) is 1. The molecule has 0 spiro atoms. The monoisotopic (exact) mass is 258 g/mol. The first kappa shape index (κ1) is 11.8. The van der Waals surface area contributed by atoms with Crippen LogP contribution in [0, 0.1) is 6.92 Å². The van der Waals surface area contributed by atoms with Crippen LogP contribution in [0.4, 0.5) is 0 Å². The molecule has 5 heteroatoms. The van der Waals surface area contributed by atoms with E-state index in [1.54, 1.807) is 25.1 Å². The second-order valence-corrected chi connectivity index (χ2v) is 4.75. The van der Waals surface area contributed by atoms with E-state index in [1.165, 1.54) is 6.07 Å². The SMILES string of the molecule is Cc1c(O)cccc1Oc1cc(=O)[nH]c(C2CC2)n1. The first-order valence-electron chi connectivity index (χ1n) is 6.21. The maximum atomic E-state index is 11.6. The fraction of sp³-hybridized carbons (Fsp3) is 0.286. The Morgan fingerprint density at radius 2 is 2.21 bits per heavy atom. The molecule has 1 aromatic carbocycles. The van der Waals surface area contributed by atoms with Gasteiger partial charge in [0.25, 0.3) is 5.56 Å². The first-order chi connectivity index (χ1) is 9.13. The third-order valence-electron chi connectivity index (χ3n) is 3.17. The van der Waals surface area contributed by atoms with Crippen LogP contribution in [0.3, 0.4) is 0 Å². The largest absolute Gasteiger partial charge is 0.508 e. The van der Waals surface area contributed by atoms with E-state index in [4.69, 9.17) is 4.74 Å². The molecule has 0 radical (unpaired) electrons. The van der Waals surface area contributed by atoms with E-state index < -0.39 is 0 Å². The van der Waals surface area contributed by atoms with Crippen LogP contribution in [-0.4, -0.2) is 15.1 Å². The molecule has 0 unspecified atom stereocenters. The lowest BCUT2D eigenvalue weighted by Gasteiger charge is -2.09. The Morgan fingerprint density at radius 1 is 1.42 bits per heavy atom. The number of aromatic amines is 1. The van der Waals surface area contributed by atoms with Gasteiger partial charge < -0.3 is 14.8 Å². The summed E-state index contributed by atoms with van der Waals surface area (Å²) in [4.78, 5) is 18.6. The minimum absolute atomic E-state index is 0.157. The first-order valence-corrected chi connectivity index (χ1v) is 6.21. The van der Waals surface area contributed by atoms with E-state index in [0.29, 0.717) is 23.1 Å². The number of phenolic OH excluding ortho intramolecular Hbond substituents is 1. The van der Waals surface area contributed by atoms with E-state index in [-0.39, 0.29) is 17.2 Å². The zero-order chi connectivity index (χ0) is 13.4. The Hall–Kier alpha value is -2.30. The van der Waals surface area contributed by atoms with Crippen LogP contribution in [0.1, 0.15) is 30.1 Å². The number of nitrogens with one attached hydrogen (secondary N) is 1. The van der Waals surface area contributed by atoms with E-state index >= 15 is 0 Å². The number of rotatable bonds is 3. The van der Waals surface area contributed by atoms with Crippen LogP contribution in [-0.2, 0) is 0 Å². The molecular weight excluding hydrogens is 244 g/mol. The topological polar surface area (TPSA) is 75.2 Å². The number of hydrogen-bond acceptors (Lipinski definition) is 4. The van der Waals surface area contributed by atoms with Gasteiger partial charge in [-0.15, -0.1) is 0 Å². The minimum atomic E-state index is -0.218. The zero-order valence-electron chi connectivity index (χ0n) is 10.5. The summed E-state index contributed by atoms with van der Waals surface area (Å²) in [5.74, 6) is 1.95. The molecule has 19 heavy (non-hydrogen) atoms. The molecule has 1 aliphatic rings. The van der Waals surface area contributed by atoms with Gasteiger partial charge in [0, 0.05) is 11.5 Å². The summed E-state index contributed by atoms with van der Waals surface area (Å²) >= 11 is 0. The standard InChI is InChI=1S/C14H14N2O3/c1-8-10(17)3-2-4-11(8)19-13-7-12(18)15-14(16-13)9-5-6-9/h2-4,7,9,17H,5-6H2,1H3,(H,15,16,18). The molecule has 1 aliphatic carbocycles. The molecule has 98 valence electrons. The zero-order valence-corrected chi connectivity index (χ0v) is 10.5. The van der Waals surface area contributed by atoms with Crippen LogP contribution in [0.2, 0.25) is 0 Å². The molecule has 0 saturated heterocycles. The number of benzene rings is 1. The lowest BCUT2D eigenvalue weighted by atomic mass is 10.2. The van der Waals surface area contributed by atoms with Gasteiger partial charge in [-0.05, 0) is 31.9 Å². The highest BCUT2D eigenvalue weighted by Crippen LogP contribution is 2.38. The summed E-state index contributed by atoms with van der Waals surface area (Å²) in [7, 11) is 0. The maximum Gasteiger partial charge on any atom is 0.254 e. The van der Waals surface area contributed by atoms with E-state index in [9.17, 15) is 9.90 Å². The van der Waals surface area contributed by atoms with Gasteiger partial charge in [0.1, 0.15) is 17.3 Å². The smallest absolute Gasteiger partial charge is 0.254 e. The molecule has 2 aromatic rings. The Balaban J connectivity index is 1.94. The fourth-order valence-corrected chi connectivity index (χ4v) is 1.88. The molecule has 1 aromatic heterocycles. The van der Waals surface area contributed by atoms with E-state index in [0.717, 1.165) is 12.8 Å². The van der Waals surface area contributed by atoms with Crippen molar-refractivity contribution >= 4 is 0 Å². The Labute approximate surface area is 109 Å². The van der Waals surface area contributed by atoms with Crippen LogP contribution in [0.15, 0.2) is 29.1 Å². The number of H-pyrrole nitrogens is 1. The summed E-state index contributed by atoms with van der Waals surface area (Å²) in [6.07, 6.45) is 2.11. The van der Waals surface area contributed by atoms with Crippen molar-refractivity contribution in [2.75, 3.05) is 0 Å². The molecule has 5 nitrogen and oxygen atoms in total. The number of ether oxygens (including phenoxy) is 1. The van der Waals surface area contributed by atoms with Crippen molar-refractivity contribution in [2.24, 2.45) is 0 Å². The van der Waals surface area contributed by atoms with Crippen molar-refractivity contribution in [3.63, 3.8) is 0 Å². The van der Waals surface area contributed by atoms with Gasteiger partial charge in [0.2, 0.25) is 5.88 Å². The van der Waals surface area contributed by atoms with Gasteiger partial charge in [-0.1, -0.05) is 6.07 Å². The predicted molar refractivity (Wildman–Crippen MR) is 69.8 cm³/mol. The Kier molecular flexibility index (Phi) is 2.74. The van der Waals surface area contributed by atoms with Gasteiger partial charge in [-0.3, -0.25) is 4.79 Å². The summed E-state index contributed by atoms with van der Waals surface area (Å²) in [5.41, 5.74) is 0.405. The number of aromatic hydroxyl groups is 1. The maximum absolute atomic E-state index is 11.6. The van der Waals surface area contributed by atoms with Crippen molar-refractivity contribution in [1.29, 1.82) is 0 Å². The normalized spacial score (nSPS) is 14.4. The Bertz CT molecular complexity index is 675. The average Bonchev–Trinajstić information content (AvgIpc) is 3.18.